The van der Waals surface area contributed by atoms with Gasteiger partial charge in [-0.25, -0.2) is 4.98 Å². The molecule has 1 N–H and O–H groups in total. The Morgan fingerprint density at radius 2 is 2.20 bits per heavy atom. The molecule has 0 bridgehead atoms. The van der Waals surface area contributed by atoms with Crippen LogP contribution >= 0.6 is 0 Å². The van der Waals surface area contributed by atoms with Gasteiger partial charge in [0.1, 0.15) is 5.82 Å². The lowest BCUT2D eigenvalue weighted by Crippen LogP contribution is -2.29. The maximum absolute atomic E-state index is 4.83. The summed E-state index contributed by atoms with van der Waals surface area (Å²) in [7, 11) is 0. The van der Waals surface area contributed by atoms with Gasteiger partial charge in [-0.3, -0.25) is 0 Å². The van der Waals surface area contributed by atoms with Crippen LogP contribution in [0.4, 0.5) is 5.82 Å². The average Bonchev–Trinajstić information content (AvgIpc) is 3.22. The molecular weight excluding hydrogens is 246 g/mol. The second kappa shape index (κ2) is 6.89. The van der Waals surface area contributed by atoms with E-state index in [1.807, 2.05) is 6.08 Å². The zero-order valence-electron chi connectivity index (χ0n) is 13.1. The van der Waals surface area contributed by atoms with E-state index in [0.717, 1.165) is 37.6 Å². The third-order valence-electron chi connectivity index (χ3n) is 3.77. The van der Waals surface area contributed by atoms with E-state index in [4.69, 9.17) is 4.98 Å². The number of rotatable bonds is 8. The highest BCUT2D eigenvalue weighted by molar-refractivity contribution is 5.53. The van der Waals surface area contributed by atoms with Gasteiger partial charge in [0.2, 0.25) is 0 Å². The van der Waals surface area contributed by atoms with Gasteiger partial charge in [-0.1, -0.05) is 13.0 Å². The van der Waals surface area contributed by atoms with Crippen molar-refractivity contribution in [2.45, 2.75) is 52.6 Å². The molecule has 110 valence electrons. The van der Waals surface area contributed by atoms with Crippen LogP contribution in [-0.4, -0.2) is 24.1 Å². The smallest absolute Gasteiger partial charge is 0.134 e. The van der Waals surface area contributed by atoms with Gasteiger partial charge in [0.15, 0.2) is 0 Å². The number of nitrogens with zero attached hydrogens (tertiary/aromatic N) is 2. The number of nitrogens with one attached hydrogen (secondary N) is 1. The molecule has 3 nitrogen and oxygen atoms in total. The van der Waals surface area contributed by atoms with Gasteiger partial charge >= 0.3 is 0 Å². The first-order chi connectivity index (χ1) is 9.67. The van der Waals surface area contributed by atoms with Gasteiger partial charge in [0.25, 0.3) is 0 Å². The Kier molecular flexibility index (Phi) is 5.18. The monoisotopic (exact) mass is 273 g/mol. The highest BCUT2D eigenvalue weighted by atomic mass is 15.2. The lowest BCUT2D eigenvalue weighted by atomic mass is 10.1. The summed E-state index contributed by atoms with van der Waals surface area (Å²) >= 11 is 0. The highest BCUT2D eigenvalue weighted by Gasteiger charge is 2.30. The molecule has 1 aliphatic rings. The van der Waals surface area contributed by atoms with Crippen LogP contribution in [0.5, 0.6) is 0 Å². The zero-order chi connectivity index (χ0) is 14.5. The van der Waals surface area contributed by atoms with Crippen molar-refractivity contribution in [2.75, 3.05) is 18.0 Å². The van der Waals surface area contributed by atoms with Crippen molar-refractivity contribution >= 4 is 5.82 Å². The van der Waals surface area contributed by atoms with Gasteiger partial charge in [0.05, 0.1) is 0 Å². The van der Waals surface area contributed by atoms with Crippen molar-refractivity contribution in [3.05, 3.63) is 35.5 Å². The Morgan fingerprint density at radius 3 is 2.80 bits per heavy atom. The molecule has 20 heavy (non-hydrogen) atoms. The summed E-state index contributed by atoms with van der Waals surface area (Å²) in [6.45, 7) is 13.2. The van der Waals surface area contributed by atoms with Crippen molar-refractivity contribution in [3.8, 4) is 0 Å². The Hall–Kier alpha value is -1.35. The molecule has 1 aromatic rings. The molecule has 1 fully saturated rings. The third kappa shape index (κ3) is 3.60. The average molecular weight is 273 g/mol. The van der Waals surface area contributed by atoms with Crippen LogP contribution in [0.15, 0.2) is 18.7 Å². The van der Waals surface area contributed by atoms with Crippen molar-refractivity contribution in [1.82, 2.24) is 10.3 Å². The number of aryl methyl sites for hydroxylation is 2. The molecule has 0 amide bonds. The lowest BCUT2D eigenvalue weighted by molar-refractivity contribution is 0.667. The topological polar surface area (TPSA) is 28.2 Å². The predicted molar refractivity (Wildman–Crippen MR) is 86.3 cm³/mol. The molecule has 1 aliphatic carbocycles. The molecule has 1 aromatic heterocycles. The molecule has 0 spiro atoms. The standard InChI is InChI=1S/C17H27N3/c1-5-9-18-12-16-13(3)11-14(4)19-17(16)20(10-6-2)15-7-8-15/h6,11,15,18H,2,5,7-10,12H2,1,3-4H3. The molecule has 1 heterocycles. The second-order valence-corrected chi connectivity index (χ2v) is 5.73. The van der Waals surface area contributed by atoms with Gasteiger partial charge in [-0.05, 0) is 51.3 Å². The van der Waals surface area contributed by atoms with E-state index in [2.05, 4.69) is 43.6 Å². The third-order valence-corrected chi connectivity index (χ3v) is 3.77. The van der Waals surface area contributed by atoms with Crippen molar-refractivity contribution in [2.24, 2.45) is 0 Å². The maximum Gasteiger partial charge on any atom is 0.134 e. The molecule has 0 unspecified atom stereocenters. The van der Waals surface area contributed by atoms with Crippen LogP contribution in [0.3, 0.4) is 0 Å². The van der Waals surface area contributed by atoms with Gasteiger partial charge in [-0.15, -0.1) is 6.58 Å². The molecular formula is C17H27N3. The van der Waals surface area contributed by atoms with Crippen LogP contribution < -0.4 is 10.2 Å². The van der Waals surface area contributed by atoms with Gasteiger partial charge in [0, 0.05) is 30.4 Å². The minimum atomic E-state index is 0.659. The van der Waals surface area contributed by atoms with Crippen LogP contribution in [-0.2, 0) is 6.54 Å². The fourth-order valence-electron chi connectivity index (χ4n) is 2.62. The first-order valence-corrected chi connectivity index (χ1v) is 7.72. The fraction of sp³-hybridized carbons (Fsp3) is 0.588. The molecule has 0 atom stereocenters. The molecule has 2 rings (SSSR count). The molecule has 0 aliphatic heterocycles. The Morgan fingerprint density at radius 1 is 1.45 bits per heavy atom. The highest BCUT2D eigenvalue weighted by Crippen LogP contribution is 2.33. The first-order valence-electron chi connectivity index (χ1n) is 7.72. The Labute approximate surface area is 123 Å². The predicted octanol–water partition coefficient (Wildman–Crippen LogP) is 3.35. The van der Waals surface area contributed by atoms with E-state index in [1.165, 1.54) is 24.0 Å². The van der Waals surface area contributed by atoms with E-state index in [0.29, 0.717) is 6.04 Å². The zero-order valence-corrected chi connectivity index (χ0v) is 13.1. The van der Waals surface area contributed by atoms with E-state index in [-0.39, 0.29) is 0 Å². The lowest BCUT2D eigenvalue weighted by Gasteiger charge is -2.26. The van der Waals surface area contributed by atoms with E-state index >= 15 is 0 Å². The minimum absolute atomic E-state index is 0.659. The molecule has 3 heteroatoms. The van der Waals surface area contributed by atoms with E-state index in [9.17, 15) is 0 Å². The number of anilines is 1. The Bertz CT molecular complexity index is 464. The molecule has 0 saturated heterocycles. The van der Waals surface area contributed by atoms with Crippen molar-refractivity contribution in [3.63, 3.8) is 0 Å². The molecule has 0 aromatic carbocycles. The number of hydrogen-bond acceptors (Lipinski definition) is 3. The minimum Gasteiger partial charge on any atom is -0.350 e. The fourth-order valence-corrected chi connectivity index (χ4v) is 2.62. The summed E-state index contributed by atoms with van der Waals surface area (Å²) in [6.07, 6.45) is 5.71. The number of hydrogen-bond donors (Lipinski definition) is 1. The summed E-state index contributed by atoms with van der Waals surface area (Å²) < 4.78 is 0. The van der Waals surface area contributed by atoms with Crippen LogP contribution in [0, 0.1) is 13.8 Å². The number of pyridine rings is 1. The van der Waals surface area contributed by atoms with Crippen LogP contribution in [0.2, 0.25) is 0 Å². The molecule has 0 radical (unpaired) electrons. The quantitative estimate of drug-likeness (QED) is 0.581. The van der Waals surface area contributed by atoms with E-state index < -0.39 is 0 Å². The summed E-state index contributed by atoms with van der Waals surface area (Å²) in [5, 5.41) is 3.52. The maximum atomic E-state index is 4.83. The van der Waals surface area contributed by atoms with Gasteiger partial charge < -0.3 is 10.2 Å². The molecule has 1 saturated carbocycles. The van der Waals surface area contributed by atoms with Crippen molar-refractivity contribution < 1.29 is 0 Å². The summed E-state index contributed by atoms with van der Waals surface area (Å²) in [5.41, 5.74) is 3.79. The Balaban J connectivity index is 2.29. The SMILES string of the molecule is C=CCN(c1nc(C)cc(C)c1CNCCC)C1CC1. The second-order valence-electron chi connectivity index (χ2n) is 5.73. The van der Waals surface area contributed by atoms with Crippen molar-refractivity contribution in [1.29, 1.82) is 0 Å². The van der Waals surface area contributed by atoms with Crippen LogP contribution in [0.1, 0.15) is 43.0 Å². The summed E-state index contributed by atoms with van der Waals surface area (Å²) in [6, 6.07) is 2.84. The van der Waals surface area contributed by atoms with E-state index in [1.54, 1.807) is 0 Å². The normalized spacial score (nSPS) is 14.3. The summed E-state index contributed by atoms with van der Waals surface area (Å²) in [4.78, 5) is 7.26. The summed E-state index contributed by atoms with van der Waals surface area (Å²) in [5.74, 6) is 1.16. The first kappa shape index (κ1) is 15.0. The van der Waals surface area contributed by atoms with Crippen LogP contribution in [0.25, 0.3) is 0 Å². The largest absolute Gasteiger partial charge is 0.350 e. The van der Waals surface area contributed by atoms with Gasteiger partial charge in [-0.2, -0.15) is 0 Å². The number of aromatic nitrogens is 1.